The summed E-state index contributed by atoms with van der Waals surface area (Å²) in [5.74, 6) is 1.68. The topological polar surface area (TPSA) is 21.3 Å². The van der Waals surface area contributed by atoms with Crippen LogP contribution in [0.3, 0.4) is 0 Å². The lowest BCUT2D eigenvalue weighted by atomic mass is 9.95. The molecule has 96 valence electrons. The van der Waals surface area contributed by atoms with Crippen LogP contribution in [0, 0.1) is 12.8 Å². The van der Waals surface area contributed by atoms with Crippen LogP contribution in [0.15, 0.2) is 18.2 Å². The van der Waals surface area contributed by atoms with Gasteiger partial charge in [-0.3, -0.25) is 0 Å². The van der Waals surface area contributed by atoms with Gasteiger partial charge in [-0.1, -0.05) is 31.5 Å². The molecule has 0 aliphatic rings. The summed E-state index contributed by atoms with van der Waals surface area (Å²) in [6.07, 6.45) is 1.13. The molecular formula is C15H25NO. The summed E-state index contributed by atoms with van der Waals surface area (Å²) in [6, 6.07) is 6.79. The Morgan fingerprint density at radius 3 is 2.53 bits per heavy atom. The van der Waals surface area contributed by atoms with Crippen molar-refractivity contribution in [3.05, 3.63) is 29.3 Å². The van der Waals surface area contributed by atoms with Gasteiger partial charge < -0.3 is 10.1 Å². The van der Waals surface area contributed by atoms with E-state index in [9.17, 15) is 0 Å². The molecule has 0 saturated heterocycles. The van der Waals surface area contributed by atoms with Crippen LogP contribution in [0.25, 0.3) is 0 Å². The van der Waals surface area contributed by atoms with E-state index in [0.29, 0.717) is 18.6 Å². The average molecular weight is 235 g/mol. The molecule has 1 N–H and O–H groups in total. The van der Waals surface area contributed by atoms with Crippen molar-refractivity contribution in [3.8, 4) is 5.75 Å². The van der Waals surface area contributed by atoms with E-state index in [4.69, 9.17) is 4.74 Å². The highest BCUT2D eigenvalue weighted by atomic mass is 16.5. The molecular weight excluding hydrogens is 210 g/mol. The SMILES string of the molecule is CCOc1ccc(C)cc1C(CC(C)C)NC. The van der Waals surface area contributed by atoms with Crippen molar-refractivity contribution in [3.63, 3.8) is 0 Å². The second kappa shape index (κ2) is 6.65. The highest BCUT2D eigenvalue weighted by Crippen LogP contribution is 2.30. The quantitative estimate of drug-likeness (QED) is 0.811. The third-order valence-electron chi connectivity index (χ3n) is 2.90. The Kier molecular flexibility index (Phi) is 5.49. The summed E-state index contributed by atoms with van der Waals surface area (Å²) in [4.78, 5) is 0. The van der Waals surface area contributed by atoms with Crippen LogP contribution in [0.5, 0.6) is 5.75 Å². The number of hydrogen-bond acceptors (Lipinski definition) is 2. The molecule has 0 saturated carbocycles. The smallest absolute Gasteiger partial charge is 0.124 e. The van der Waals surface area contributed by atoms with E-state index in [-0.39, 0.29) is 0 Å². The molecule has 1 rings (SSSR count). The normalized spacial score (nSPS) is 12.8. The fourth-order valence-electron chi connectivity index (χ4n) is 2.10. The lowest BCUT2D eigenvalue weighted by Crippen LogP contribution is -2.19. The van der Waals surface area contributed by atoms with Gasteiger partial charge in [0.2, 0.25) is 0 Å². The van der Waals surface area contributed by atoms with Gasteiger partial charge in [-0.25, -0.2) is 0 Å². The molecule has 0 aromatic heterocycles. The van der Waals surface area contributed by atoms with E-state index >= 15 is 0 Å². The molecule has 0 radical (unpaired) electrons. The highest BCUT2D eigenvalue weighted by Gasteiger charge is 2.16. The molecule has 1 aromatic rings. The van der Waals surface area contributed by atoms with Crippen molar-refractivity contribution in [1.82, 2.24) is 5.32 Å². The van der Waals surface area contributed by atoms with E-state index in [0.717, 1.165) is 12.2 Å². The number of benzene rings is 1. The molecule has 0 heterocycles. The van der Waals surface area contributed by atoms with E-state index in [1.54, 1.807) is 0 Å². The molecule has 0 amide bonds. The second-order valence-electron chi connectivity index (χ2n) is 4.95. The Morgan fingerprint density at radius 1 is 1.29 bits per heavy atom. The van der Waals surface area contributed by atoms with Gasteiger partial charge in [-0.2, -0.15) is 0 Å². The maximum Gasteiger partial charge on any atom is 0.124 e. The van der Waals surface area contributed by atoms with Gasteiger partial charge in [0.05, 0.1) is 6.61 Å². The van der Waals surface area contributed by atoms with E-state index in [1.807, 2.05) is 14.0 Å². The molecule has 0 bridgehead atoms. The van der Waals surface area contributed by atoms with Crippen molar-refractivity contribution in [2.75, 3.05) is 13.7 Å². The molecule has 1 atom stereocenters. The van der Waals surface area contributed by atoms with Crippen LogP contribution in [-0.2, 0) is 0 Å². The lowest BCUT2D eigenvalue weighted by Gasteiger charge is -2.22. The average Bonchev–Trinajstić information content (AvgIpc) is 2.28. The first-order valence-electron chi connectivity index (χ1n) is 6.49. The second-order valence-corrected chi connectivity index (χ2v) is 4.95. The molecule has 0 spiro atoms. The minimum atomic E-state index is 0.372. The molecule has 1 aromatic carbocycles. The predicted molar refractivity (Wildman–Crippen MR) is 73.6 cm³/mol. The molecule has 0 aliphatic carbocycles. The standard InChI is InChI=1S/C15H25NO/c1-6-17-15-8-7-12(4)10-13(15)14(16-5)9-11(2)3/h7-8,10-11,14,16H,6,9H2,1-5H3. The Bertz CT molecular complexity index is 347. The lowest BCUT2D eigenvalue weighted by molar-refractivity contribution is 0.328. The summed E-state index contributed by atoms with van der Waals surface area (Å²) in [5.41, 5.74) is 2.57. The summed E-state index contributed by atoms with van der Waals surface area (Å²) in [7, 11) is 2.02. The Labute approximate surface area is 105 Å². The number of hydrogen-bond donors (Lipinski definition) is 1. The number of rotatable bonds is 6. The van der Waals surface area contributed by atoms with Crippen LogP contribution < -0.4 is 10.1 Å². The van der Waals surface area contributed by atoms with Crippen molar-refractivity contribution in [2.24, 2.45) is 5.92 Å². The van der Waals surface area contributed by atoms with Crippen LogP contribution in [0.1, 0.15) is 44.4 Å². The minimum absolute atomic E-state index is 0.372. The molecule has 0 fully saturated rings. The third kappa shape index (κ3) is 4.04. The number of ether oxygens (including phenoxy) is 1. The summed E-state index contributed by atoms with van der Waals surface area (Å²) < 4.78 is 5.72. The Morgan fingerprint density at radius 2 is 2.00 bits per heavy atom. The van der Waals surface area contributed by atoms with Crippen molar-refractivity contribution < 1.29 is 4.74 Å². The Hall–Kier alpha value is -1.02. The van der Waals surface area contributed by atoms with Gasteiger partial charge in [0.1, 0.15) is 5.75 Å². The van der Waals surface area contributed by atoms with Gasteiger partial charge >= 0.3 is 0 Å². The van der Waals surface area contributed by atoms with E-state index in [1.165, 1.54) is 11.1 Å². The summed E-state index contributed by atoms with van der Waals surface area (Å²) >= 11 is 0. The zero-order valence-corrected chi connectivity index (χ0v) is 11.7. The third-order valence-corrected chi connectivity index (χ3v) is 2.90. The zero-order chi connectivity index (χ0) is 12.8. The van der Waals surface area contributed by atoms with E-state index in [2.05, 4.69) is 44.3 Å². The van der Waals surface area contributed by atoms with Gasteiger partial charge in [0.25, 0.3) is 0 Å². The van der Waals surface area contributed by atoms with Crippen LogP contribution in [0.4, 0.5) is 0 Å². The van der Waals surface area contributed by atoms with Gasteiger partial charge in [-0.05, 0) is 39.3 Å². The number of aryl methyl sites for hydroxylation is 1. The largest absolute Gasteiger partial charge is 0.494 e. The summed E-state index contributed by atoms with van der Waals surface area (Å²) in [6.45, 7) is 9.37. The monoisotopic (exact) mass is 235 g/mol. The number of nitrogens with one attached hydrogen (secondary N) is 1. The van der Waals surface area contributed by atoms with Crippen molar-refractivity contribution in [2.45, 2.75) is 40.2 Å². The van der Waals surface area contributed by atoms with Crippen LogP contribution in [-0.4, -0.2) is 13.7 Å². The molecule has 2 heteroatoms. The molecule has 0 aliphatic heterocycles. The first kappa shape index (κ1) is 14.0. The first-order valence-corrected chi connectivity index (χ1v) is 6.49. The van der Waals surface area contributed by atoms with Crippen molar-refractivity contribution >= 4 is 0 Å². The zero-order valence-electron chi connectivity index (χ0n) is 11.7. The molecule has 2 nitrogen and oxygen atoms in total. The predicted octanol–water partition coefficient (Wildman–Crippen LogP) is 3.70. The van der Waals surface area contributed by atoms with E-state index < -0.39 is 0 Å². The van der Waals surface area contributed by atoms with Crippen LogP contribution >= 0.6 is 0 Å². The van der Waals surface area contributed by atoms with Crippen LogP contribution in [0.2, 0.25) is 0 Å². The van der Waals surface area contributed by atoms with Gasteiger partial charge in [0.15, 0.2) is 0 Å². The maximum absolute atomic E-state index is 5.72. The highest BCUT2D eigenvalue weighted by molar-refractivity contribution is 5.39. The van der Waals surface area contributed by atoms with Gasteiger partial charge in [-0.15, -0.1) is 0 Å². The van der Waals surface area contributed by atoms with Crippen molar-refractivity contribution in [1.29, 1.82) is 0 Å². The molecule has 17 heavy (non-hydrogen) atoms. The fourth-order valence-corrected chi connectivity index (χ4v) is 2.10. The fraction of sp³-hybridized carbons (Fsp3) is 0.600. The molecule has 1 unspecified atom stereocenters. The Balaban J connectivity index is 3.02. The first-order chi connectivity index (χ1) is 8.08. The maximum atomic E-state index is 5.72. The van der Waals surface area contributed by atoms with Gasteiger partial charge in [0, 0.05) is 11.6 Å². The minimum Gasteiger partial charge on any atom is -0.494 e. The summed E-state index contributed by atoms with van der Waals surface area (Å²) in [5, 5.41) is 3.40.